The molecule has 128 valence electrons. The van der Waals surface area contributed by atoms with Crippen molar-refractivity contribution in [3.8, 4) is 0 Å². The van der Waals surface area contributed by atoms with Gasteiger partial charge in [-0.2, -0.15) is 0 Å². The van der Waals surface area contributed by atoms with Crippen molar-refractivity contribution in [3.63, 3.8) is 0 Å². The van der Waals surface area contributed by atoms with Crippen molar-refractivity contribution in [2.24, 2.45) is 5.92 Å². The maximum absolute atomic E-state index is 12.8. The van der Waals surface area contributed by atoms with Crippen LogP contribution in [0, 0.1) is 5.92 Å². The summed E-state index contributed by atoms with van der Waals surface area (Å²) < 4.78 is 0. The van der Waals surface area contributed by atoms with Crippen LogP contribution < -0.4 is 10.6 Å². The van der Waals surface area contributed by atoms with E-state index < -0.39 is 5.54 Å². The van der Waals surface area contributed by atoms with Crippen molar-refractivity contribution in [2.45, 2.75) is 60.6 Å². The van der Waals surface area contributed by atoms with Gasteiger partial charge in [0.25, 0.3) is 0 Å². The molecule has 2 aliphatic carbocycles. The first-order chi connectivity index (χ1) is 11.7. The molecule has 2 saturated carbocycles. The largest absolute Gasteiger partial charge is 0.354 e. The van der Waals surface area contributed by atoms with Crippen LogP contribution in [0.1, 0.15) is 44.1 Å². The minimum absolute atomic E-state index is 0.0136. The monoisotopic (exact) mass is 344 g/mol. The van der Waals surface area contributed by atoms with Crippen LogP contribution in [0.5, 0.6) is 0 Å². The molecule has 2 fully saturated rings. The molecule has 1 aliphatic heterocycles. The molecule has 2 N–H and O–H groups in total. The summed E-state index contributed by atoms with van der Waals surface area (Å²) in [5, 5.41) is 6.11. The van der Waals surface area contributed by atoms with Gasteiger partial charge >= 0.3 is 0 Å². The summed E-state index contributed by atoms with van der Waals surface area (Å²) in [6, 6.07) is 8.18. The molecule has 1 aromatic rings. The Labute approximate surface area is 147 Å². The van der Waals surface area contributed by atoms with Gasteiger partial charge in [0.15, 0.2) is 0 Å². The number of carbonyl (C=O) groups is 2. The average Bonchev–Trinajstić information content (AvgIpc) is 3.11. The second-order valence-corrected chi connectivity index (χ2v) is 8.59. The van der Waals surface area contributed by atoms with Gasteiger partial charge in [-0.15, -0.1) is 11.8 Å². The number of hydrogen-bond donors (Lipinski definition) is 2. The Bertz CT molecular complexity index is 626. The lowest BCUT2D eigenvalue weighted by molar-refractivity contribution is -0.133. The van der Waals surface area contributed by atoms with Crippen LogP contribution in [-0.2, 0) is 16.0 Å². The third-order valence-electron chi connectivity index (χ3n) is 5.44. The second-order valence-electron chi connectivity index (χ2n) is 7.35. The van der Waals surface area contributed by atoms with Crippen LogP contribution in [-0.4, -0.2) is 29.1 Å². The second kappa shape index (κ2) is 6.43. The van der Waals surface area contributed by atoms with E-state index in [2.05, 4.69) is 22.8 Å². The summed E-state index contributed by atoms with van der Waals surface area (Å²) in [5.41, 5.74) is 0.558. The van der Waals surface area contributed by atoms with E-state index in [0.717, 1.165) is 38.6 Å². The Balaban J connectivity index is 1.41. The molecule has 0 spiro atoms. The topological polar surface area (TPSA) is 58.2 Å². The maximum Gasteiger partial charge on any atom is 0.245 e. The zero-order valence-electron chi connectivity index (χ0n) is 13.8. The van der Waals surface area contributed by atoms with Crippen molar-refractivity contribution in [3.05, 3.63) is 29.8 Å². The van der Waals surface area contributed by atoms with Gasteiger partial charge in [0, 0.05) is 11.4 Å². The first kappa shape index (κ1) is 16.0. The minimum atomic E-state index is -0.679. The molecule has 4 rings (SSSR count). The van der Waals surface area contributed by atoms with Crippen molar-refractivity contribution < 1.29 is 9.59 Å². The molecule has 5 heteroatoms. The highest BCUT2D eigenvalue weighted by Crippen LogP contribution is 2.38. The van der Waals surface area contributed by atoms with E-state index in [0.29, 0.717) is 5.92 Å². The van der Waals surface area contributed by atoms with E-state index in [-0.39, 0.29) is 17.1 Å². The quantitative estimate of drug-likeness (QED) is 0.863. The summed E-state index contributed by atoms with van der Waals surface area (Å²) in [4.78, 5) is 26.7. The van der Waals surface area contributed by atoms with Crippen LogP contribution in [0.15, 0.2) is 29.2 Å². The lowest BCUT2D eigenvalue weighted by Crippen LogP contribution is -2.59. The standard InChI is InChI=1S/C19H24N2O2S/c22-17(16-11-14-5-1-2-6-15(14)24-16)21-19(9-3-4-10-19)18(23)20-12-13-7-8-13/h1-2,5-6,13,16H,3-4,7-12H2,(H,20,23)(H,21,22)/t16-/m1/s1. The van der Waals surface area contributed by atoms with Gasteiger partial charge in [-0.25, -0.2) is 0 Å². The average molecular weight is 344 g/mol. The Hall–Kier alpha value is -1.49. The number of amides is 2. The Kier molecular flexibility index (Phi) is 4.29. The van der Waals surface area contributed by atoms with Crippen LogP contribution in [0.4, 0.5) is 0 Å². The molecule has 1 atom stereocenters. The zero-order chi connectivity index (χ0) is 16.6. The Morgan fingerprint density at radius 1 is 1.17 bits per heavy atom. The molecule has 1 heterocycles. The van der Waals surface area contributed by atoms with Gasteiger partial charge < -0.3 is 10.6 Å². The number of rotatable bonds is 5. The molecular weight excluding hydrogens is 320 g/mol. The summed E-state index contributed by atoms with van der Waals surface area (Å²) in [6.45, 7) is 0.764. The highest BCUT2D eigenvalue weighted by molar-refractivity contribution is 8.01. The summed E-state index contributed by atoms with van der Waals surface area (Å²) in [7, 11) is 0. The van der Waals surface area contributed by atoms with E-state index >= 15 is 0 Å². The van der Waals surface area contributed by atoms with E-state index in [9.17, 15) is 9.59 Å². The number of hydrogen-bond acceptors (Lipinski definition) is 3. The summed E-state index contributed by atoms with van der Waals surface area (Å²) >= 11 is 1.62. The van der Waals surface area contributed by atoms with E-state index in [1.54, 1.807) is 11.8 Å². The molecule has 24 heavy (non-hydrogen) atoms. The van der Waals surface area contributed by atoms with E-state index in [1.165, 1.54) is 23.3 Å². The number of nitrogens with one attached hydrogen (secondary N) is 2. The fourth-order valence-corrected chi connectivity index (χ4v) is 4.96. The number of benzene rings is 1. The molecule has 2 amide bonds. The zero-order valence-corrected chi connectivity index (χ0v) is 14.7. The predicted octanol–water partition coefficient (Wildman–Crippen LogP) is 2.66. The van der Waals surface area contributed by atoms with Crippen molar-refractivity contribution in [2.75, 3.05) is 6.54 Å². The molecule has 0 radical (unpaired) electrons. The Morgan fingerprint density at radius 2 is 1.92 bits per heavy atom. The third-order valence-corrected chi connectivity index (χ3v) is 6.76. The van der Waals surface area contributed by atoms with Gasteiger partial charge in [0.1, 0.15) is 5.54 Å². The fraction of sp³-hybridized carbons (Fsp3) is 0.579. The SMILES string of the molecule is O=C(NC1(C(=O)NCC2CC2)CCCC1)[C@H]1Cc2ccccc2S1. The summed E-state index contributed by atoms with van der Waals surface area (Å²) in [5.74, 6) is 0.698. The highest BCUT2D eigenvalue weighted by atomic mass is 32.2. The van der Waals surface area contributed by atoms with Crippen molar-refractivity contribution >= 4 is 23.6 Å². The van der Waals surface area contributed by atoms with Crippen molar-refractivity contribution in [1.29, 1.82) is 0 Å². The third kappa shape index (κ3) is 3.18. The lowest BCUT2D eigenvalue weighted by atomic mass is 9.95. The normalized spacial score (nSPS) is 24.4. The molecule has 4 nitrogen and oxygen atoms in total. The highest BCUT2D eigenvalue weighted by Gasteiger charge is 2.44. The summed E-state index contributed by atoms with van der Waals surface area (Å²) in [6.07, 6.45) is 6.74. The number of thioether (sulfide) groups is 1. The fourth-order valence-electron chi connectivity index (χ4n) is 3.76. The minimum Gasteiger partial charge on any atom is -0.354 e. The van der Waals surface area contributed by atoms with Gasteiger partial charge in [-0.3, -0.25) is 9.59 Å². The molecule has 3 aliphatic rings. The predicted molar refractivity (Wildman–Crippen MR) is 94.9 cm³/mol. The first-order valence-corrected chi connectivity index (χ1v) is 9.89. The maximum atomic E-state index is 12.8. The van der Waals surface area contributed by atoms with Gasteiger partial charge in [-0.1, -0.05) is 31.0 Å². The van der Waals surface area contributed by atoms with Crippen LogP contribution >= 0.6 is 11.8 Å². The number of carbonyl (C=O) groups excluding carboxylic acids is 2. The lowest BCUT2D eigenvalue weighted by Gasteiger charge is -2.30. The number of fused-ring (bicyclic) bond motifs is 1. The van der Waals surface area contributed by atoms with Crippen LogP contribution in [0.25, 0.3) is 0 Å². The Morgan fingerprint density at radius 3 is 2.62 bits per heavy atom. The van der Waals surface area contributed by atoms with Gasteiger partial charge in [0.05, 0.1) is 5.25 Å². The smallest absolute Gasteiger partial charge is 0.245 e. The first-order valence-electron chi connectivity index (χ1n) is 9.01. The molecule has 0 aromatic heterocycles. The molecular formula is C19H24N2O2S. The molecule has 0 unspecified atom stereocenters. The van der Waals surface area contributed by atoms with Gasteiger partial charge in [-0.05, 0) is 49.7 Å². The van der Waals surface area contributed by atoms with Crippen LogP contribution in [0.2, 0.25) is 0 Å². The molecule has 0 bridgehead atoms. The van der Waals surface area contributed by atoms with Crippen LogP contribution in [0.3, 0.4) is 0 Å². The molecule has 1 aromatic carbocycles. The molecule has 0 saturated heterocycles. The van der Waals surface area contributed by atoms with Crippen molar-refractivity contribution in [1.82, 2.24) is 10.6 Å². The van der Waals surface area contributed by atoms with E-state index in [1.807, 2.05) is 12.1 Å². The van der Waals surface area contributed by atoms with E-state index in [4.69, 9.17) is 0 Å². The van der Waals surface area contributed by atoms with Gasteiger partial charge in [0.2, 0.25) is 11.8 Å².